The quantitative estimate of drug-likeness (QED) is 0.333. The molecule has 7 nitrogen and oxygen atoms in total. The number of carbonyl (C=O) groups is 2. The van der Waals surface area contributed by atoms with Gasteiger partial charge in [0.2, 0.25) is 0 Å². The van der Waals surface area contributed by atoms with E-state index >= 15 is 8.78 Å². The number of aliphatic hydroxyl groups is 1. The number of nitriles is 1. The highest BCUT2D eigenvalue weighted by molar-refractivity contribution is 6.31. The highest BCUT2D eigenvalue weighted by Crippen LogP contribution is 2.52. The van der Waals surface area contributed by atoms with Crippen molar-refractivity contribution in [1.82, 2.24) is 5.32 Å². The second-order valence-corrected chi connectivity index (χ2v) is 10.4. The van der Waals surface area contributed by atoms with Crippen molar-refractivity contribution in [2.75, 3.05) is 6.61 Å². The van der Waals surface area contributed by atoms with E-state index in [4.69, 9.17) is 33.1 Å². The smallest absolute Gasteiger partial charge is 0.480 e. The summed E-state index contributed by atoms with van der Waals surface area (Å²) in [5, 5.41) is 40.2. The average molecular weight is 597 g/mol. The number of rotatable bonds is 6. The summed E-state index contributed by atoms with van der Waals surface area (Å²) in [5.74, 6) is -7.09. The van der Waals surface area contributed by atoms with E-state index in [0.29, 0.717) is 0 Å². The third kappa shape index (κ3) is 6.78. The Morgan fingerprint density at radius 2 is 1.72 bits per heavy atom. The van der Waals surface area contributed by atoms with Gasteiger partial charge in [0.25, 0.3) is 0 Å². The molecule has 0 spiro atoms. The number of carboxylic acids is 2. The minimum atomic E-state index is -5.08. The zero-order chi connectivity index (χ0) is 29.9. The number of hydrogen-bond acceptors (Lipinski definition) is 5. The maximum Gasteiger partial charge on any atom is 0.490 e. The molecule has 39 heavy (non-hydrogen) atoms. The Kier molecular flexibility index (Phi) is 9.95. The molecule has 0 radical (unpaired) electrons. The van der Waals surface area contributed by atoms with Crippen molar-refractivity contribution >= 4 is 35.1 Å². The normalized spacial score (nSPS) is 22.9. The fourth-order valence-corrected chi connectivity index (χ4v) is 4.89. The van der Waals surface area contributed by atoms with E-state index in [-0.39, 0.29) is 34.2 Å². The number of halogens is 7. The van der Waals surface area contributed by atoms with Crippen molar-refractivity contribution < 1.29 is 46.9 Å². The molecule has 2 aromatic rings. The number of carboxylic acid groups (broad SMARTS) is 2. The topological polar surface area (TPSA) is 131 Å². The standard InChI is InChI=1S/C23H22Cl2F2N2O3.C2HF3O2/c1-22(2,11-30)9-17-23(10-28,14-7-6-12(24)8-16(14)26)18(20(29-17)21(31)32)13-4-3-5-15(25)19(13)27;3-2(4,5)1(6)7/h3-8,17-18,20,29-30H,9,11H2,1-2H3,(H,31,32);(H,6,7). The maximum absolute atomic E-state index is 15.2. The molecule has 0 saturated carbocycles. The molecule has 0 aromatic heterocycles. The first-order valence-corrected chi connectivity index (χ1v) is 11.9. The first-order chi connectivity index (χ1) is 17.9. The van der Waals surface area contributed by atoms with Gasteiger partial charge in [-0.1, -0.05) is 55.2 Å². The van der Waals surface area contributed by atoms with Crippen LogP contribution in [0.5, 0.6) is 0 Å². The van der Waals surface area contributed by atoms with Crippen LogP contribution >= 0.6 is 23.2 Å². The van der Waals surface area contributed by atoms with Gasteiger partial charge in [-0.25, -0.2) is 13.6 Å². The minimum Gasteiger partial charge on any atom is -0.480 e. The lowest BCUT2D eigenvalue weighted by molar-refractivity contribution is -0.192. The van der Waals surface area contributed by atoms with Crippen LogP contribution in [-0.4, -0.2) is 52.1 Å². The van der Waals surface area contributed by atoms with Gasteiger partial charge in [-0.05, 0) is 35.6 Å². The molecule has 3 rings (SSSR count). The van der Waals surface area contributed by atoms with Crippen molar-refractivity contribution in [3.8, 4) is 6.07 Å². The van der Waals surface area contributed by atoms with Gasteiger partial charge < -0.3 is 15.3 Å². The summed E-state index contributed by atoms with van der Waals surface area (Å²) in [4.78, 5) is 21.1. The molecule has 212 valence electrons. The van der Waals surface area contributed by atoms with Crippen LogP contribution in [0.2, 0.25) is 10.0 Å². The van der Waals surface area contributed by atoms with E-state index in [0.717, 1.165) is 6.07 Å². The molecular weight excluding hydrogens is 574 g/mol. The van der Waals surface area contributed by atoms with Crippen LogP contribution in [0.1, 0.15) is 37.3 Å². The summed E-state index contributed by atoms with van der Waals surface area (Å²) in [6.45, 7) is 3.21. The molecule has 4 N–H and O–H groups in total. The largest absolute Gasteiger partial charge is 0.490 e. The summed E-state index contributed by atoms with van der Waals surface area (Å²) in [6.07, 6.45) is -4.97. The van der Waals surface area contributed by atoms with Crippen molar-refractivity contribution in [1.29, 1.82) is 5.26 Å². The fourth-order valence-electron chi connectivity index (χ4n) is 4.55. The maximum atomic E-state index is 15.2. The lowest BCUT2D eigenvalue weighted by Crippen LogP contribution is -2.45. The van der Waals surface area contributed by atoms with E-state index in [1.54, 1.807) is 13.8 Å². The first-order valence-electron chi connectivity index (χ1n) is 11.1. The Morgan fingerprint density at radius 3 is 2.18 bits per heavy atom. The van der Waals surface area contributed by atoms with Crippen molar-refractivity contribution in [2.45, 2.75) is 49.9 Å². The molecule has 1 saturated heterocycles. The molecule has 0 aliphatic carbocycles. The zero-order valence-electron chi connectivity index (χ0n) is 20.4. The SMILES string of the molecule is CC(C)(CO)CC1NC(C(=O)O)C(c2cccc(Cl)c2F)C1(C#N)c1ccc(Cl)cc1F.O=C(O)C(F)(F)F. The fraction of sp³-hybridized carbons (Fsp3) is 0.400. The summed E-state index contributed by atoms with van der Waals surface area (Å²) >= 11 is 11.9. The molecule has 0 amide bonds. The zero-order valence-corrected chi connectivity index (χ0v) is 21.9. The Labute approximate surface area is 229 Å². The number of alkyl halides is 3. The predicted octanol–water partition coefficient (Wildman–Crippen LogP) is 5.28. The van der Waals surface area contributed by atoms with Gasteiger partial charge in [-0.15, -0.1) is 0 Å². The molecule has 1 aliphatic heterocycles. The van der Waals surface area contributed by atoms with Gasteiger partial charge >= 0.3 is 18.1 Å². The lowest BCUT2D eigenvalue weighted by Gasteiger charge is -2.37. The molecular formula is C25H23Cl2F5N2O5. The van der Waals surface area contributed by atoms with E-state index in [9.17, 15) is 33.4 Å². The van der Waals surface area contributed by atoms with Crippen LogP contribution in [0.3, 0.4) is 0 Å². The number of hydrogen-bond donors (Lipinski definition) is 4. The third-order valence-electron chi connectivity index (χ3n) is 6.33. The monoisotopic (exact) mass is 596 g/mol. The van der Waals surface area contributed by atoms with E-state index in [2.05, 4.69) is 11.4 Å². The molecule has 1 aliphatic rings. The van der Waals surface area contributed by atoms with Gasteiger partial charge in [-0.2, -0.15) is 18.4 Å². The molecule has 1 heterocycles. The summed E-state index contributed by atoms with van der Waals surface area (Å²) in [5.41, 5.74) is -2.80. The van der Waals surface area contributed by atoms with Crippen LogP contribution in [0.25, 0.3) is 0 Å². The Balaban J connectivity index is 0.000000673. The van der Waals surface area contributed by atoms with Crippen LogP contribution in [0, 0.1) is 28.4 Å². The van der Waals surface area contributed by atoms with E-state index < -0.39 is 58.6 Å². The van der Waals surface area contributed by atoms with Crippen molar-refractivity contribution in [3.05, 3.63) is 69.2 Å². The summed E-state index contributed by atoms with van der Waals surface area (Å²) < 4.78 is 62.1. The Hall–Kier alpha value is -2.98. The molecule has 0 bridgehead atoms. The van der Waals surface area contributed by atoms with Gasteiger partial charge in [0.15, 0.2) is 0 Å². The minimum absolute atomic E-state index is 0.0952. The number of aliphatic hydroxyl groups excluding tert-OH is 1. The van der Waals surface area contributed by atoms with Crippen LogP contribution < -0.4 is 5.32 Å². The van der Waals surface area contributed by atoms with E-state index in [1.807, 2.05) is 0 Å². The summed E-state index contributed by atoms with van der Waals surface area (Å²) in [7, 11) is 0. The highest BCUT2D eigenvalue weighted by Gasteiger charge is 2.61. The second kappa shape index (κ2) is 12.0. The number of benzene rings is 2. The van der Waals surface area contributed by atoms with Crippen LogP contribution in [0.4, 0.5) is 22.0 Å². The average Bonchev–Trinajstić information content (AvgIpc) is 3.14. The van der Waals surface area contributed by atoms with Crippen molar-refractivity contribution in [3.63, 3.8) is 0 Å². The van der Waals surface area contributed by atoms with Gasteiger partial charge in [0.05, 0.1) is 11.1 Å². The number of aliphatic carboxylic acids is 2. The van der Waals surface area contributed by atoms with Crippen LogP contribution in [0.15, 0.2) is 36.4 Å². The van der Waals surface area contributed by atoms with E-state index in [1.165, 1.54) is 30.3 Å². The number of nitrogens with zero attached hydrogens (tertiary/aromatic N) is 1. The molecule has 1 fully saturated rings. The molecule has 4 unspecified atom stereocenters. The number of nitrogens with one attached hydrogen (secondary N) is 1. The third-order valence-corrected chi connectivity index (χ3v) is 6.85. The molecule has 4 atom stereocenters. The Bertz CT molecular complexity index is 1280. The Morgan fingerprint density at radius 1 is 1.13 bits per heavy atom. The van der Waals surface area contributed by atoms with Gasteiger partial charge in [0, 0.05) is 29.2 Å². The predicted molar refractivity (Wildman–Crippen MR) is 130 cm³/mol. The van der Waals surface area contributed by atoms with Gasteiger partial charge in [-0.3, -0.25) is 10.1 Å². The molecule has 2 aromatic carbocycles. The van der Waals surface area contributed by atoms with Gasteiger partial charge in [0.1, 0.15) is 23.1 Å². The van der Waals surface area contributed by atoms with Crippen molar-refractivity contribution in [2.24, 2.45) is 5.41 Å². The molecule has 14 heteroatoms. The highest BCUT2D eigenvalue weighted by atomic mass is 35.5. The lowest BCUT2D eigenvalue weighted by atomic mass is 9.62. The second-order valence-electron chi connectivity index (χ2n) is 9.59. The van der Waals surface area contributed by atoms with Crippen LogP contribution in [-0.2, 0) is 15.0 Å². The first kappa shape index (κ1) is 32.2. The summed E-state index contributed by atoms with van der Waals surface area (Å²) in [6, 6.07) is 7.63.